The lowest BCUT2D eigenvalue weighted by Crippen LogP contribution is -2.23. The van der Waals surface area contributed by atoms with Gasteiger partial charge in [-0.3, -0.25) is 4.79 Å². The second-order valence-corrected chi connectivity index (χ2v) is 4.18. The van der Waals surface area contributed by atoms with Crippen LogP contribution in [0.1, 0.15) is 21.5 Å². The summed E-state index contributed by atoms with van der Waals surface area (Å²) in [6, 6.07) is 13.6. The lowest BCUT2D eigenvalue weighted by atomic mass is 10.1. The molecule has 98 valence electrons. The Morgan fingerprint density at radius 2 is 1.89 bits per heavy atom. The first kappa shape index (κ1) is 13.2. The van der Waals surface area contributed by atoms with E-state index in [2.05, 4.69) is 5.32 Å². The summed E-state index contributed by atoms with van der Waals surface area (Å²) in [7, 11) is 0. The number of carbonyl (C=O) groups excluding carboxylic acids is 1. The van der Waals surface area contributed by atoms with Gasteiger partial charge in [0, 0.05) is 24.2 Å². The summed E-state index contributed by atoms with van der Waals surface area (Å²) in [5.41, 5.74) is 7.17. The topological polar surface area (TPSA) is 55.1 Å². The molecule has 0 aliphatic carbocycles. The van der Waals surface area contributed by atoms with E-state index < -0.39 is 0 Å². The van der Waals surface area contributed by atoms with Gasteiger partial charge in [-0.05, 0) is 23.8 Å². The van der Waals surface area contributed by atoms with Crippen LogP contribution in [0.25, 0.3) is 0 Å². The van der Waals surface area contributed by atoms with Gasteiger partial charge in [-0.1, -0.05) is 30.3 Å². The van der Waals surface area contributed by atoms with E-state index >= 15 is 0 Å². The van der Waals surface area contributed by atoms with Gasteiger partial charge >= 0.3 is 0 Å². The van der Waals surface area contributed by atoms with Crippen LogP contribution in [0.4, 0.5) is 4.39 Å². The van der Waals surface area contributed by atoms with E-state index in [9.17, 15) is 9.18 Å². The zero-order valence-electron chi connectivity index (χ0n) is 10.4. The van der Waals surface area contributed by atoms with Crippen LogP contribution < -0.4 is 11.1 Å². The smallest absolute Gasteiger partial charge is 0.251 e. The van der Waals surface area contributed by atoms with E-state index in [0.29, 0.717) is 17.7 Å². The minimum atomic E-state index is -0.351. The number of carbonyl (C=O) groups is 1. The van der Waals surface area contributed by atoms with Gasteiger partial charge in [-0.2, -0.15) is 0 Å². The van der Waals surface area contributed by atoms with Gasteiger partial charge in [-0.25, -0.2) is 4.39 Å². The van der Waals surface area contributed by atoms with Crippen molar-refractivity contribution in [3.8, 4) is 0 Å². The molecule has 0 spiro atoms. The van der Waals surface area contributed by atoms with E-state index in [1.807, 2.05) is 6.07 Å². The lowest BCUT2D eigenvalue weighted by molar-refractivity contribution is 0.0950. The van der Waals surface area contributed by atoms with Crippen LogP contribution >= 0.6 is 0 Å². The molecule has 1 amide bonds. The standard InChI is InChI=1S/C15H15FN2O/c16-14-8-11(9-17)6-7-13(14)10-18-15(19)12-4-2-1-3-5-12/h1-8H,9-10,17H2,(H,18,19). The maximum absolute atomic E-state index is 13.7. The van der Waals surface area contributed by atoms with Crippen molar-refractivity contribution < 1.29 is 9.18 Å². The van der Waals surface area contributed by atoms with E-state index in [1.54, 1.807) is 36.4 Å². The molecule has 3 nitrogen and oxygen atoms in total. The third-order valence-electron chi connectivity index (χ3n) is 2.83. The van der Waals surface area contributed by atoms with Crippen molar-refractivity contribution in [2.45, 2.75) is 13.1 Å². The molecule has 0 aliphatic rings. The van der Waals surface area contributed by atoms with Crippen molar-refractivity contribution in [2.24, 2.45) is 5.73 Å². The number of amides is 1. The molecule has 0 fully saturated rings. The number of nitrogens with two attached hydrogens (primary N) is 1. The van der Waals surface area contributed by atoms with Gasteiger partial charge in [0.2, 0.25) is 0 Å². The maximum Gasteiger partial charge on any atom is 0.251 e. The van der Waals surface area contributed by atoms with Gasteiger partial charge < -0.3 is 11.1 Å². The first-order chi connectivity index (χ1) is 9.20. The Kier molecular flexibility index (Phi) is 4.26. The summed E-state index contributed by atoms with van der Waals surface area (Å²) in [4.78, 5) is 11.8. The van der Waals surface area contributed by atoms with Crippen molar-refractivity contribution >= 4 is 5.91 Å². The predicted octanol–water partition coefficient (Wildman–Crippen LogP) is 2.21. The molecular weight excluding hydrogens is 243 g/mol. The van der Waals surface area contributed by atoms with Crippen LogP contribution in [0.15, 0.2) is 48.5 Å². The van der Waals surface area contributed by atoms with Crippen molar-refractivity contribution in [1.82, 2.24) is 5.32 Å². The monoisotopic (exact) mass is 258 g/mol. The largest absolute Gasteiger partial charge is 0.348 e. The summed E-state index contributed by atoms with van der Waals surface area (Å²) in [5, 5.41) is 2.68. The Morgan fingerprint density at radius 3 is 2.53 bits per heavy atom. The van der Waals surface area contributed by atoms with E-state index in [-0.39, 0.29) is 18.3 Å². The summed E-state index contributed by atoms with van der Waals surface area (Å²) < 4.78 is 13.7. The summed E-state index contributed by atoms with van der Waals surface area (Å²) >= 11 is 0. The fourth-order valence-corrected chi connectivity index (χ4v) is 1.73. The Labute approximate surface area is 111 Å². The Hall–Kier alpha value is -2.20. The summed E-state index contributed by atoms with van der Waals surface area (Å²) in [5.74, 6) is -0.570. The molecule has 4 heteroatoms. The molecule has 0 heterocycles. The molecule has 2 aromatic carbocycles. The van der Waals surface area contributed by atoms with Crippen LogP contribution in [0.2, 0.25) is 0 Å². The van der Waals surface area contributed by atoms with Gasteiger partial charge in [0.05, 0.1) is 0 Å². The zero-order valence-corrected chi connectivity index (χ0v) is 10.4. The normalized spacial score (nSPS) is 10.2. The minimum Gasteiger partial charge on any atom is -0.348 e. The van der Waals surface area contributed by atoms with E-state index in [4.69, 9.17) is 5.73 Å². The van der Waals surface area contributed by atoms with E-state index in [0.717, 1.165) is 5.56 Å². The molecule has 0 aromatic heterocycles. The molecule has 2 rings (SSSR count). The van der Waals surface area contributed by atoms with Crippen molar-refractivity contribution in [3.63, 3.8) is 0 Å². The van der Waals surface area contributed by atoms with Crippen LogP contribution in [-0.2, 0) is 13.1 Å². The fraction of sp³-hybridized carbons (Fsp3) is 0.133. The number of halogens is 1. The highest BCUT2D eigenvalue weighted by molar-refractivity contribution is 5.94. The van der Waals surface area contributed by atoms with Gasteiger partial charge in [0.25, 0.3) is 5.91 Å². The third-order valence-corrected chi connectivity index (χ3v) is 2.83. The Bertz CT molecular complexity index is 570. The van der Waals surface area contributed by atoms with Gasteiger partial charge in [-0.15, -0.1) is 0 Å². The van der Waals surface area contributed by atoms with Crippen molar-refractivity contribution in [2.75, 3.05) is 0 Å². The molecule has 0 saturated carbocycles. The maximum atomic E-state index is 13.7. The zero-order chi connectivity index (χ0) is 13.7. The second kappa shape index (κ2) is 6.11. The highest BCUT2D eigenvalue weighted by atomic mass is 19.1. The molecule has 0 unspecified atom stereocenters. The Morgan fingerprint density at radius 1 is 1.16 bits per heavy atom. The molecule has 0 bridgehead atoms. The van der Waals surface area contributed by atoms with Gasteiger partial charge in [0.1, 0.15) is 5.82 Å². The molecular formula is C15H15FN2O. The predicted molar refractivity (Wildman–Crippen MR) is 71.9 cm³/mol. The number of nitrogens with one attached hydrogen (secondary N) is 1. The number of rotatable bonds is 4. The lowest BCUT2D eigenvalue weighted by Gasteiger charge is -2.07. The summed E-state index contributed by atoms with van der Waals surface area (Å²) in [6.45, 7) is 0.456. The highest BCUT2D eigenvalue weighted by Crippen LogP contribution is 2.10. The molecule has 2 aromatic rings. The number of hydrogen-bond donors (Lipinski definition) is 2. The number of hydrogen-bond acceptors (Lipinski definition) is 2. The summed E-state index contributed by atoms with van der Waals surface area (Å²) in [6.07, 6.45) is 0. The molecule has 0 atom stereocenters. The average molecular weight is 258 g/mol. The second-order valence-electron chi connectivity index (χ2n) is 4.18. The van der Waals surface area contributed by atoms with Crippen molar-refractivity contribution in [3.05, 3.63) is 71.0 Å². The van der Waals surface area contributed by atoms with Crippen LogP contribution in [0.3, 0.4) is 0 Å². The molecule has 0 saturated heterocycles. The fourth-order valence-electron chi connectivity index (χ4n) is 1.73. The van der Waals surface area contributed by atoms with Crippen LogP contribution in [0, 0.1) is 5.82 Å². The van der Waals surface area contributed by atoms with Crippen molar-refractivity contribution in [1.29, 1.82) is 0 Å². The minimum absolute atomic E-state index is 0.157. The first-order valence-electron chi connectivity index (χ1n) is 6.01. The van der Waals surface area contributed by atoms with E-state index in [1.165, 1.54) is 6.07 Å². The first-order valence-corrected chi connectivity index (χ1v) is 6.01. The van der Waals surface area contributed by atoms with Gasteiger partial charge in [0.15, 0.2) is 0 Å². The SMILES string of the molecule is NCc1ccc(CNC(=O)c2ccccc2)c(F)c1. The Balaban J connectivity index is 2.01. The van der Waals surface area contributed by atoms with Crippen LogP contribution in [0.5, 0.6) is 0 Å². The molecule has 0 aliphatic heterocycles. The number of benzene rings is 2. The van der Waals surface area contributed by atoms with Crippen LogP contribution in [-0.4, -0.2) is 5.91 Å². The molecule has 0 radical (unpaired) electrons. The average Bonchev–Trinajstić information content (AvgIpc) is 2.46. The molecule has 19 heavy (non-hydrogen) atoms. The highest BCUT2D eigenvalue weighted by Gasteiger charge is 2.07. The third kappa shape index (κ3) is 3.39. The molecule has 3 N–H and O–H groups in total. The quantitative estimate of drug-likeness (QED) is 0.883.